The smallest absolute Gasteiger partial charge is 0.323 e. The maximum atomic E-state index is 12.1. The Labute approximate surface area is 105 Å². The van der Waals surface area contributed by atoms with Crippen LogP contribution in [0.1, 0.15) is 27.7 Å². The predicted molar refractivity (Wildman–Crippen MR) is 66.6 cm³/mol. The van der Waals surface area contributed by atoms with E-state index in [2.05, 4.69) is 15.3 Å². The number of hydrogen-bond acceptors (Lipinski definition) is 5. The van der Waals surface area contributed by atoms with E-state index in [0.29, 0.717) is 5.17 Å². The topological polar surface area (TPSA) is 71.0 Å². The summed E-state index contributed by atoms with van der Waals surface area (Å²) < 4.78 is -0.574. The number of nitrogens with zero attached hydrogens (tertiary/aromatic N) is 2. The maximum absolute atomic E-state index is 12.1. The summed E-state index contributed by atoms with van der Waals surface area (Å²) in [6.45, 7) is 7.40. The number of amides is 2. The molecular formula is C10H17N3O3S. The predicted octanol–water partition coefficient (Wildman–Crippen LogP) is 1.38. The van der Waals surface area contributed by atoms with Crippen molar-refractivity contribution in [2.24, 2.45) is 5.16 Å². The Balaban J connectivity index is 2.91. The molecule has 0 aromatic heterocycles. The largest absolute Gasteiger partial charge is 0.433 e. The molecule has 1 saturated heterocycles. The zero-order chi connectivity index (χ0) is 13.2. The monoisotopic (exact) mass is 259 g/mol. The second-order valence-electron chi connectivity index (χ2n) is 4.38. The van der Waals surface area contributed by atoms with E-state index in [0.717, 1.165) is 0 Å². The summed E-state index contributed by atoms with van der Waals surface area (Å²) in [6.07, 6.45) is -0.654. The summed E-state index contributed by atoms with van der Waals surface area (Å²) in [6, 6.07) is -0.0242. The molecule has 0 unspecified atom stereocenters. The Morgan fingerprint density at radius 3 is 2.59 bits per heavy atom. The van der Waals surface area contributed by atoms with Crippen LogP contribution in [0, 0.1) is 0 Å². The van der Waals surface area contributed by atoms with Crippen LogP contribution in [-0.4, -0.2) is 39.9 Å². The lowest BCUT2D eigenvalue weighted by atomic mass is 10.1. The highest BCUT2D eigenvalue weighted by molar-refractivity contribution is 8.16. The van der Waals surface area contributed by atoms with Crippen molar-refractivity contribution in [2.45, 2.75) is 38.5 Å². The Morgan fingerprint density at radius 2 is 2.12 bits per heavy atom. The van der Waals surface area contributed by atoms with E-state index in [1.54, 1.807) is 0 Å². The van der Waals surface area contributed by atoms with Crippen LogP contribution < -0.4 is 5.32 Å². The number of thioether (sulfide) groups is 1. The van der Waals surface area contributed by atoms with Crippen LogP contribution >= 0.6 is 11.8 Å². The molecule has 0 aliphatic carbocycles. The first-order chi connectivity index (χ1) is 7.79. The molecule has 0 spiro atoms. The average Bonchev–Trinajstić information content (AvgIpc) is 2.46. The van der Waals surface area contributed by atoms with E-state index in [4.69, 9.17) is 0 Å². The van der Waals surface area contributed by atoms with E-state index in [-0.39, 0.29) is 11.9 Å². The molecule has 0 atom stereocenters. The lowest BCUT2D eigenvalue weighted by Gasteiger charge is -2.21. The lowest BCUT2D eigenvalue weighted by molar-refractivity contribution is -0.129. The van der Waals surface area contributed by atoms with Crippen molar-refractivity contribution in [3.63, 3.8) is 0 Å². The summed E-state index contributed by atoms with van der Waals surface area (Å²) in [7, 11) is 1.44. The summed E-state index contributed by atoms with van der Waals surface area (Å²) in [5.74, 6) is -0.0308. The van der Waals surface area contributed by atoms with Crippen molar-refractivity contribution in [3.05, 3.63) is 0 Å². The normalized spacial score (nSPS) is 21.2. The fourth-order valence-electron chi connectivity index (χ4n) is 1.34. The van der Waals surface area contributed by atoms with Crippen LogP contribution in [0.5, 0.6) is 0 Å². The van der Waals surface area contributed by atoms with Crippen LogP contribution in [-0.2, 0) is 9.63 Å². The second-order valence-corrected chi connectivity index (χ2v) is 5.97. The summed E-state index contributed by atoms with van der Waals surface area (Å²) in [4.78, 5) is 29.2. The van der Waals surface area contributed by atoms with Gasteiger partial charge in [0.2, 0.25) is 11.1 Å². The van der Waals surface area contributed by atoms with Gasteiger partial charge < -0.3 is 5.32 Å². The van der Waals surface area contributed by atoms with Gasteiger partial charge in [-0.2, -0.15) is 0 Å². The quantitative estimate of drug-likeness (QED) is 0.600. The van der Waals surface area contributed by atoms with Crippen LogP contribution in [0.25, 0.3) is 0 Å². The molecule has 1 aliphatic rings. The Bertz CT molecular complexity index is 366. The number of carbonyl (C=O) groups is 2. The second kappa shape index (κ2) is 4.95. The van der Waals surface area contributed by atoms with Crippen LogP contribution in [0.15, 0.2) is 5.16 Å². The van der Waals surface area contributed by atoms with Crippen molar-refractivity contribution < 1.29 is 14.4 Å². The molecule has 1 aliphatic heterocycles. The number of carbonyl (C=O) groups excluding carboxylic acids is 2. The molecule has 1 N–H and O–H groups in total. The highest BCUT2D eigenvalue weighted by Gasteiger charge is 2.46. The lowest BCUT2D eigenvalue weighted by Crippen LogP contribution is -2.40. The molecule has 0 saturated carbocycles. The molecule has 1 heterocycles. The van der Waals surface area contributed by atoms with Gasteiger partial charge in [0, 0.05) is 13.1 Å². The SMILES string of the molecule is CNC(=O)ON=C1SC(C)(C)C(=O)N1C(C)C. The third-order valence-corrected chi connectivity index (χ3v) is 3.35. The number of nitrogens with one attached hydrogen (secondary N) is 1. The molecule has 0 aromatic rings. The van der Waals surface area contributed by atoms with E-state index in [9.17, 15) is 9.59 Å². The van der Waals surface area contributed by atoms with Gasteiger partial charge in [0.15, 0.2) is 0 Å². The molecular weight excluding hydrogens is 242 g/mol. The van der Waals surface area contributed by atoms with Crippen molar-refractivity contribution in [3.8, 4) is 0 Å². The zero-order valence-corrected chi connectivity index (χ0v) is 11.4. The van der Waals surface area contributed by atoms with Crippen molar-refractivity contribution in [2.75, 3.05) is 7.05 Å². The van der Waals surface area contributed by atoms with Gasteiger partial charge in [0.25, 0.3) is 0 Å². The molecule has 0 aromatic carbocycles. The molecule has 0 radical (unpaired) electrons. The van der Waals surface area contributed by atoms with E-state index >= 15 is 0 Å². The minimum absolute atomic E-state index is 0.0242. The minimum Gasteiger partial charge on any atom is -0.323 e. The van der Waals surface area contributed by atoms with Gasteiger partial charge in [-0.1, -0.05) is 11.8 Å². The minimum atomic E-state index is -0.654. The molecule has 6 nitrogen and oxygen atoms in total. The average molecular weight is 259 g/mol. The Morgan fingerprint density at radius 1 is 1.53 bits per heavy atom. The first-order valence-corrected chi connectivity index (χ1v) is 6.10. The summed E-state index contributed by atoms with van der Waals surface area (Å²) >= 11 is 1.29. The number of amidine groups is 1. The first kappa shape index (κ1) is 13.8. The standard InChI is InChI=1S/C10H17N3O3S/c1-6(2)13-7(14)10(3,4)17-8(13)12-16-9(15)11-5/h6H,1-5H3,(H,11,15). The van der Waals surface area contributed by atoms with E-state index in [1.807, 2.05) is 27.7 Å². The molecule has 0 bridgehead atoms. The van der Waals surface area contributed by atoms with Gasteiger partial charge in [-0.3, -0.25) is 14.5 Å². The Kier molecular flexibility index (Phi) is 4.03. The molecule has 96 valence electrons. The van der Waals surface area contributed by atoms with Gasteiger partial charge in [-0.25, -0.2) is 4.79 Å². The Hall–Kier alpha value is -1.24. The fourth-order valence-corrected chi connectivity index (χ4v) is 2.45. The van der Waals surface area contributed by atoms with Crippen molar-refractivity contribution in [1.82, 2.24) is 10.2 Å². The van der Waals surface area contributed by atoms with Gasteiger partial charge >= 0.3 is 6.09 Å². The number of rotatable bonds is 2. The molecule has 1 fully saturated rings. The van der Waals surface area contributed by atoms with Crippen LogP contribution in [0.2, 0.25) is 0 Å². The highest BCUT2D eigenvalue weighted by atomic mass is 32.2. The molecule has 2 amide bonds. The summed E-state index contributed by atoms with van der Waals surface area (Å²) in [5, 5.41) is 6.41. The van der Waals surface area contributed by atoms with Crippen LogP contribution in [0.3, 0.4) is 0 Å². The van der Waals surface area contributed by atoms with Gasteiger partial charge in [0.05, 0.1) is 4.75 Å². The maximum Gasteiger partial charge on any atom is 0.433 e. The highest BCUT2D eigenvalue weighted by Crippen LogP contribution is 2.37. The van der Waals surface area contributed by atoms with Crippen molar-refractivity contribution >= 4 is 28.9 Å². The summed E-state index contributed by atoms with van der Waals surface area (Å²) in [5.41, 5.74) is 0. The first-order valence-electron chi connectivity index (χ1n) is 5.29. The van der Waals surface area contributed by atoms with Gasteiger partial charge in [0.1, 0.15) is 0 Å². The van der Waals surface area contributed by atoms with Crippen molar-refractivity contribution in [1.29, 1.82) is 0 Å². The van der Waals surface area contributed by atoms with E-state index < -0.39 is 10.8 Å². The number of oxime groups is 1. The molecule has 1 rings (SSSR count). The molecule has 7 heteroatoms. The fraction of sp³-hybridized carbons (Fsp3) is 0.700. The van der Waals surface area contributed by atoms with E-state index in [1.165, 1.54) is 23.7 Å². The third kappa shape index (κ3) is 2.91. The van der Waals surface area contributed by atoms with Gasteiger partial charge in [-0.15, -0.1) is 0 Å². The van der Waals surface area contributed by atoms with Crippen LogP contribution in [0.4, 0.5) is 4.79 Å². The third-order valence-electron chi connectivity index (χ3n) is 2.21. The van der Waals surface area contributed by atoms with Gasteiger partial charge in [-0.05, 0) is 32.9 Å². The number of hydrogen-bond donors (Lipinski definition) is 1. The molecule has 17 heavy (non-hydrogen) atoms. The zero-order valence-electron chi connectivity index (χ0n) is 10.6.